The van der Waals surface area contributed by atoms with Gasteiger partial charge in [0.1, 0.15) is 5.52 Å². The summed E-state index contributed by atoms with van der Waals surface area (Å²) in [5, 5.41) is 3.14. The molecule has 31 heavy (non-hydrogen) atoms. The third-order valence-electron chi connectivity index (χ3n) is 6.11. The summed E-state index contributed by atoms with van der Waals surface area (Å²) in [6.45, 7) is 7.86. The number of pyridine rings is 2. The molecule has 0 radical (unpaired) electrons. The molecule has 1 atom stereocenters. The third-order valence-corrected chi connectivity index (χ3v) is 6.11. The minimum absolute atomic E-state index is 0.0300. The standard InChI is InChI=1S/C24H30N6O/c1-4-20-21(5-2)29-23-22(28-20)13-19(15-26-23)30-11-8-17(9-12-30)24(31)27-16(3)18-7-6-10-25-14-18/h6-7,10,13-17H,4-5,8-9,11-12H2,1-3H3,(H,27,31). The van der Waals surface area contributed by atoms with E-state index in [1.807, 2.05) is 25.3 Å². The van der Waals surface area contributed by atoms with E-state index in [2.05, 4.69) is 45.1 Å². The Morgan fingerprint density at radius 3 is 2.58 bits per heavy atom. The van der Waals surface area contributed by atoms with E-state index in [1.54, 1.807) is 12.4 Å². The summed E-state index contributed by atoms with van der Waals surface area (Å²) in [6.07, 6.45) is 8.81. The number of rotatable bonds is 6. The van der Waals surface area contributed by atoms with Crippen LogP contribution in [-0.2, 0) is 17.6 Å². The Morgan fingerprint density at radius 1 is 1.16 bits per heavy atom. The van der Waals surface area contributed by atoms with Gasteiger partial charge in [-0.3, -0.25) is 9.78 Å². The average Bonchev–Trinajstić information content (AvgIpc) is 2.83. The van der Waals surface area contributed by atoms with Crippen molar-refractivity contribution in [1.82, 2.24) is 25.3 Å². The first-order chi connectivity index (χ1) is 15.1. The second-order valence-electron chi connectivity index (χ2n) is 8.14. The molecule has 0 bridgehead atoms. The average molecular weight is 419 g/mol. The Balaban J connectivity index is 1.40. The predicted molar refractivity (Wildman–Crippen MR) is 122 cm³/mol. The molecule has 1 saturated heterocycles. The monoisotopic (exact) mass is 418 g/mol. The van der Waals surface area contributed by atoms with E-state index in [-0.39, 0.29) is 17.9 Å². The molecule has 1 unspecified atom stereocenters. The van der Waals surface area contributed by atoms with Gasteiger partial charge in [-0.15, -0.1) is 0 Å². The Labute approximate surface area is 183 Å². The van der Waals surface area contributed by atoms with Crippen LogP contribution in [0.2, 0.25) is 0 Å². The molecule has 3 aromatic heterocycles. The molecule has 0 spiro atoms. The summed E-state index contributed by atoms with van der Waals surface area (Å²) in [5.41, 5.74) is 5.70. The summed E-state index contributed by atoms with van der Waals surface area (Å²) >= 11 is 0. The topological polar surface area (TPSA) is 83.9 Å². The molecule has 0 aromatic carbocycles. The van der Waals surface area contributed by atoms with Crippen LogP contribution < -0.4 is 10.2 Å². The number of fused-ring (bicyclic) bond motifs is 1. The molecule has 1 N–H and O–H groups in total. The van der Waals surface area contributed by atoms with Crippen molar-refractivity contribution in [2.24, 2.45) is 5.92 Å². The lowest BCUT2D eigenvalue weighted by atomic mass is 9.95. The number of anilines is 1. The van der Waals surface area contributed by atoms with E-state index in [0.29, 0.717) is 5.65 Å². The molecule has 4 heterocycles. The fourth-order valence-electron chi connectivity index (χ4n) is 4.19. The van der Waals surface area contributed by atoms with Gasteiger partial charge in [-0.25, -0.2) is 15.0 Å². The van der Waals surface area contributed by atoms with Gasteiger partial charge >= 0.3 is 0 Å². The lowest BCUT2D eigenvalue weighted by Gasteiger charge is -2.33. The molecular formula is C24H30N6O. The number of nitrogens with one attached hydrogen (secondary N) is 1. The van der Waals surface area contributed by atoms with E-state index in [0.717, 1.165) is 66.9 Å². The molecular weight excluding hydrogens is 388 g/mol. The maximum Gasteiger partial charge on any atom is 0.223 e. The zero-order valence-corrected chi connectivity index (χ0v) is 18.5. The number of aromatic nitrogens is 4. The fourth-order valence-corrected chi connectivity index (χ4v) is 4.19. The highest BCUT2D eigenvalue weighted by Crippen LogP contribution is 2.26. The van der Waals surface area contributed by atoms with Gasteiger partial charge < -0.3 is 10.2 Å². The van der Waals surface area contributed by atoms with Crippen molar-refractivity contribution in [1.29, 1.82) is 0 Å². The highest BCUT2D eigenvalue weighted by atomic mass is 16.1. The van der Waals surface area contributed by atoms with E-state index in [1.165, 1.54) is 0 Å². The van der Waals surface area contributed by atoms with Gasteiger partial charge in [0.15, 0.2) is 5.65 Å². The Kier molecular flexibility index (Phi) is 6.39. The largest absolute Gasteiger partial charge is 0.370 e. The number of aryl methyl sites for hydroxylation is 2. The second kappa shape index (κ2) is 9.37. The smallest absolute Gasteiger partial charge is 0.223 e. The van der Waals surface area contributed by atoms with Crippen LogP contribution in [0.25, 0.3) is 11.2 Å². The maximum atomic E-state index is 12.8. The minimum atomic E-state index is -0.0386. The van der Waals surface area contributed by atoms with E-state index in [4.69, 9.17) is 4.98 Å². The normalized spacial score (nSPS) is 15.8. The summed E-state index contributed by atoms with van der Waals surface area (Å²) in [6, 6.07) is 5.93. The minimum Gasteiger partial charge on any atom is -0.370 e. The lowest BCUT2D eigenvalue weighted by Crippen LogP contribution is -2.41. The van der Waals surface area contributed by atoms with Crippen LogP contribution in [-0.4, -0.2) is 38.9 Å². The van der Waals surface area contributed by atoms with Crippen molar-refractivity contribution in [3.8, 4) is 0 Å². The summed E-state index contributed by atoms with van der Waals surface area (Å²) < 4.78 is 0. The number of hydrogen-bond donors (Lipinski definition) is 1. The number of nitrogens with zero attached hydrogens (tertiary/aromatic N) is 5. The van der Waals surface area contributed by atoms with Gasteiger partial charge in [0.2, 0.25) is 5.91 Å². The van der Waals surface area contributed by atoms with Crippen LogP contribution in [0.5, 0.6) is 0 Å². The summed E-state index contributed by atoms with van der Waals surface area (Å²) in [7, 11) is 0. The van der Waals surface area contributed by atoms with Crippen molar-refractivity contribution in [2.45, 2.75) is 52.5 Å². The van der Waals surface area contributed by atoms with Gasteiger partial charge in [-0.05, 0) is 50.3 Å². The van der Waals surface area contributed by atoms with Gasteiger partial charge in [-0.2, -0.15) is 0 Å². The van der Waals surface area contributed by atoms with Crippen LogP contribution in [0.4, 0.5) is 5.69 Å². The quantitative estimate of drug-likeness (QED) is 0.658. The fraction of sp³-hybridized carbons (Fsp3) is 0.458. The lowest BCUT2D eigenvalue weighted by molar-refractivity contribution is -0.126. The predicted octanol–water partition coefficient (Wildman–Crippen LogP) is 3.64. The number of piperidine rings is 1. The SMILES string of the molecule is CCc1nc2cc(N3CCC(C(=O)NC(C)c4cccnc4)CC3)cnc2nc1CC. The van der Waals surface area contributed by atoms with Crippen LogP contribution >= 0.6 is 0 Å². The first-order valence-corrected chi connectivity index (χ1v) is 11.2. The molecule has 4 rings (SSSR count). The number of amides is 1. The Bertz CT molecular complexity index is 1050. The van der Waals surface area contributed by atoms with Crippen LogP contribution in [0.1, 0.15) is 56.6 Å². The van der Waals surface area contributed by atoms with E-state index in [9.17, 15) is 4.79 Å². The Morgan fingerprint density at radius 2 is 1.90 bits per heavy atom. The van der Waals surface area contributed by atoms with Crippen LogP contribution in [0.15, 0.2) is 36.8 Å². The maximum absolute atomic E-state index is 12.8. The van der Waals surface area contributed by atoms with Crippen molar-refractivity contribution < 1.29 is 4.79 Å². The molecule has 0 saturated carbocycles. The first-order valence-electron chi connectivity index (χ1n) is 11.2. The van der Waals surface area contributed by atoms with Gasteiger partial charge in [0.25, 0.3) is 0 Å². The van der Waals surface area contributed by atoms with E-state index >= 15 is 0 Å². The summed E-state index contributed by atoms with van der Waals surface area (Å²) in [4.78, 5) is 33.2. The van der Waals surface area contributed by atoms with Crippen molar-refractivity contribution in [3.05, 3.63) is 53.7 Å². The molecule has 1 aliphatic heterocycles. The van der Waals surface area contributed by atoms with Gasteiger partial charge in [0.05, 0.1) is 29.3 Å². The molecule has 0 aliphatic carbocycles. The molecule has 7 heteroatoms. The highest BCUT2D eigenvalue weighted by Gasteiger charge is 2.26. The molecule has 1 aliphatic rings. The zero-order chi connectivity index (χ0) is 21.8. The molecule has 1 fully saturated rings. The molecule has 162 valence electrons. The van der Waals surface area contributed by atoms with Gasteiger partial charge in [-0.1, -0.05) is 19.9 Å². The van der Waals surface area contributed by atoms with Gasteiger partial charge in [0, 0.05) is 31.4 Å². The number of hydrogen-bond acceptors (Lipinski definition) is 6. The first kappa shape index (κ1) is 21.2. The zero-order valence-electron chi connectivity index (χ0n) is 18.5. The van der Waals surface area contributed by atoms with Crippen LogP contribution in [0.3, 0.4) is 0 Å². The molecule has 7 nitrogen and oxygen atoms in total. The van der Waals surface area contributed by atoms with Crippen molar-refractivity contribution in [2.75, 3.05) is 18.0 Å². The molecule has 1 amide bonds. The third kappa shape index (κ3) is 4.65. The van der Waals surface area contributed by atoms with Crippen LogP contribution in [0, 0.1) is 5.92 Å². The highest BCUT2D eigenvalue weighted by molar-refractivity contribution is 5.79. The van der Waals surface area contributed by atoms with Crippen molar-refractivity contribution >= 4 is 22.8 Å². The second-order valence-corrected chi connectivity index (χ2v) is 8.14. The Hall–Kier alpha value is -3.09. The summed E-state index contributed by atoms with van der Waals surface area (Å²) in [5.74, 6) is 0.153. The van der Waals surface area contributed by atoms with Crippen molar-refractivity contribution in [3.63, 3.8) is 0 Å². The van der Waals surface area contributed by atoms with E-state index < -0.39 is 0 Å². The number of carbonyl (C=O) groups is 1. The molecule has 3 aromatic rings. The number of carbonyl (C=O) groups excluding carboxylic acids is 1.